The van der Waals surface area contributed by atoms with Gasteiger partial charge in [-0.1, -0.05) is 6.07 Å². The molecule has 1 fully saturated rings. The Balaban J connectivity index is 1.41. The number of thiophene rings is 1. The van der Waals surface area contributed by atoms with Gasteiger partial charge in [-0.15, -0.1) is 11.3 Å². The number of allylic oxidation sites excluding steroid dienone is 1. The first-order chi connectivity index (χ1) is 14.5. The van der Waals surface area contributed by atoms with Gasteiger partial charge >= 0.3 is 6.09 Å². The number of aliphatic hydroxyl groups excluding tert-OH is 1. The number of rotatable bonds is 5. The lowest BCUT2D eigenvalue weighted by molar-refractivity contribution is -0.113. The fourth-order valence-electron chi connectivity index (χ4n) is 3.67. The Labute approximate surface area is 178 Å². The van der Waals surface area contributed by atoms with Crippen molar-refractivity contribution in [3.05, 3.63) is 57.0 Å². The number of nitrogens with zero attached hydrogens (tertiary/aromatic N) is 3. The number of hydrogen-bond donors (Lipinski definition) is 1. The van der Waals surface area contributed by atoms with Crippen LogP contribution in [0.5, 0.6) is 0 Å². The first-order valence-electron chi connectivity index (χ1n) is 9.81. The summed E-state index contributed by atoms with van der Waals surface area (Å²) in [4.78, 5) is 31.8. The third kappa shape index (κ3) is 4.42. The molecule has 2 aliphatic rings. The number of nitriles is 1. The Hall–Kier alpha value is -3.02. The lowest BCUT2D eigenvalue weighted by atomic mass is 9.92. The first kappa shape index (κ1) is 20.3. The van der Waals surface area contributed by atoms with Crippen molar-refractivity contribution in [2.75, 3.05) is 13.1 Å². The highest BCUT2D eigenvalue weighted by molar-refractivity contribution is 7.12. The summed E-state index contributed by atoms with van der Waals surface area (Å²) in [5.41, 5.74) is 2.41. The monoisotopic (exact) mass is 423 g/mol. The largest absolute Gasteiger partial charge is 0.446 e. The maximum Gasteiger partial charge on any atom is 0.410 e. The average molecular weight is 423 g/mol. The maximum absolute atomic E-state index is 12.4. The van der Waals surface area contributed by atoms with Crippen LogP contribution in [-0.2, 0) is 28.8 Å². The van der Waals surface area contributed by atoms with Gasteiger partial charge in [-0.05, 0) is 42.2 Å². The number of amides is 1. The van der Waals surface area contributed by atoms with Crippen LogP contribution >= 0.6 is 11.3 Å². The second kappa shape index (κ2) is 8.78. The molecule has 0 bridgehead atoms. The van der Waals surface area contributed by atoms with Crippen LogP contribution in [0.1, 0.15) is 32.9 Å². The molecule has 0 aromatic carbocycles. The number of pyridine rings is 1. The predicted octanol–water partition coefficient (Wildman–Crippen LogP) is 2.51. The van der Waals surface area contributed by atoms with Crippen LogP contribution in [0, 0.1) is 11.3 Å². The van der Waals surface area contributed by atoms with E-state index in [9.17, 15) is 20.0 Å². The Morgan fingerprint density at radius 3 is 2.97 bits per heavy atom. The van der Waals surface area contributed by atoms with Gasteiger partial charge < -0.3 is 14.7 Å². The van der Waals surface area contributed by atoms with Gasteiger partial charge in [0, 0.05) is 35.0 Å². The maximum atomic E-state index is 12.4. The van der Waals surface area contributed by atoms with E-state index in [1.54, 1.807) is 24.5 Å². The molecule has 2 aromatic heterocycles. The summed E-state index contributed by atoms with van der Waals surface area (Å²) in [5, 5.41) is 19.0. The molecular weight excluding hydrogens is 402 g/mol. The minimum absolute atomic E-state index is 0.0757. The molecule has 1 unspecified atom stereocenters. The standard InChI is InChI=1S/C22H21N3O4S/c23-10-19-18-6-5-17(29-22(28)25-12-16(27)13-25)9-21(18)30-20(19)8-15(26)4-3-14-2-1-7-24-11-14/h1-4,7,11,16-17,27H,5-6,8-9,12-13H2/b4-3+. The number of ketones is 1. The highest BCUT2D eigenvalue weighted by Gasteiger charge is 2.33. The molecule has 3 heterocycles. The van der Waals surface area contributed by atoms with E-state index in [0.29, 0.717) is 37.9 Å². The third-order valence-corrected chi connectivity index (χ3v) is 6.53. The zero-order valence-electron chi connectivity index (χ0n) is 16.3. The summed E-state index contributed by atoms with van der Waals surface area (Å²) < 4.78 is 5.57. The Morgan fingerprint density at radius 1 is 1.43 bits per heavy atom. The van der Waals surface area contributed by atoms with E-state index in [-0.39, 0.29) is 18.3 Å². The summed E-state index contributed by atoms with van der Waals surface area (Å²) in [5.74, 6) is -0.0757. The number of hydrogen-bond acceptors (Lipinski definition) is 7. The second-order valence-corrected chi connectivity index (χ2v) is 8.67. The number of aromatic nitrogens is 1. The SMILES string of the molecule is N#Cc1c(CC(=O)/C=C/c2cccnc2)sc2c1CCC(OC(=O)N1CC(O)C1)C2. The van der Waals surface area contributed by atoms with E-state index in [4.69, 9.17) is 4.74 Å². The van der Waals surface area contributed by atoms with Crippen LogP contribution in [0.4, 0.5) is 4.79 Å². The highest BCUT2D eigenvalue weighted by Crippen LogP contribution is 2.35. The van der Waals surface area contributed by atoms with Crippen LogP contribution in [0.15, 0.2) is 30.6 Å². The van der Waals surface area contributed by atoms with Crippen molar-refractivity contribution in [2.45, 2.75) is 37.9 Å². The van der Waals surface area contributed by atoms with Crippen LogP contribution in [0.25, 0.3) is 6.08 Å². The van der Waals surface area contributed by atoms with Crippen LogP contribution in [0.3, 0.4) is 0 Å². The van der Waals surface area contributed by atoms with Crippen molar-refractivity contribution in [1.82, 2.24) is 9.88 Å². The second-order valence-electron chi connectivity index (χ2n) is 7.48. The number of carbonyl (C=O) groups excluding carboxylic acids is 2. The van der Waals surface area contributed by atoms with Crippen molar-refractivity contribution < 1.29 is 19.4 Å². The molecule has 1 aliphatic heterocycles. The summed E-state index contributed by atoms with van der Waals surface area (Å²) in [6.07, 6.45) is 7.50. The lowest BCUT2D eigenvalue weighted by Crippen LogP contribution is -2.54. The van der Waals surface area contributed by atoms with E-state index >= 15 is 0 Å². The fourth-order valence-corrected chi connectivity index (χ4v) is 5.05. The van der Waals surface area contributed by atoms with Gasteiger partial charge in [0.25, 0.3) is 0 Å². The van der Waals surface area contributed by atoms with E-state index < -0.39 is 12.2 Å². The molecule has 8 heteroatoms. The van der Waals surface area contributed by atoms with E-state index in [1.807, 2.05) is 6.07 Å². The lowest BCUT2D eigenvalue weighted by Gasteiger charge is -2.36. The van der Waals surface area contributed by atoms with Gasteiger partial charge in [-0.2, -0.15) is 5.26 Å². The number of likely N-dealkylation sites (tertiary alicyclic amines) is 1. The molecule has 1 atom stereocenters. The molecule has 1 amide bonds. The zero-order valence-corrected chi connectivity index (χ0v) is 17.1. The molecule has 4 rings (SSSR count). The van der Waals surface area contributed by atoms with E-state index in [1.165, 1.54) is 22.3 Å². The number of aliphatic hydroxyl groups is 1. The van der Waals surface area contributed by atoms with Gasteiger partial charge in [-0.25, -0.2) is 4.79 Å². The van der Waals surface area contributed by atoms with Gasteiger partial charge in [0.1, 0.15) is 12.2 Å². The molecule has 30 heavy (non-hydrogen) atoms. The molecule has 0 radical (unpaired) electrons. The smallest absolute Gasteiger partial charge is 0.410 e. The number of β-amino-alcohol motifs (C(OH)–C–C–N with tert-alkyl or cyclic N) is 1. The average Bonchev–Trinajstić information content (AvgIpc) is 3.06. The highest BCUT2D eigenvalue weighted by atomic mass is 32.1. The molecule has 1 N–H and O–H groups in total. The zero-order chi connectivity index (χ0) is 21.1. The third-order valence-electron chi connectivity index (χ3n) is 5.27. The summed E-state index contributed by atoms with van der Waals surface area (Å²) >= 11 is 1.46. The Bertz CT molecular complexity index is 1020. The number of ether oxygens (including phenoxy) is 1. The molecule has 7 nitrogen and oxygen atoms in total. The summed E-state index contributed by atoms with van der Waals surface area (Å²) in [7, 11) is 0. The molecular formula is C22H21N3O4S. The van der Waals surface area contributed by atoms with Crippen molar-refractivity contribution in [3.63, 3.8) is 0 Å². The minimum atomic E-state index is -0.460. The van der Waals surface area contributed by atoms with E-state index in [2.05, 4.69) is 11.1 Å². The molecule has 2 aromatic rings. The van der Waals surface area contributed by atoms with Crippen molar-refractivity contribution in [1.29, 1.82) is 5.26 Å². The summed E-state index contributed by atoms with van der Waals surface area (Å²) in [6.45, 7) is 0.625. The van der Waals surface area contributed by atoms with Crippen LogP contribution in [0.2, 0.25) is 0 Å². The minimum Gasteiger partial charge on any atom is -0.446 e. The van der Waals surface area contributed by atoms with Gasteiger partial charge in [0.2, 0.25) is 0 Å². The van der Waals surface area contributed by atoms with Crippen LogP contribution < -0.4 is 0 Å². The number of carbonyl (C=O) groups is 2. The molecule has 1 aliphatic carbocycles. The van der Waals surface area contributed by atoms with Gasteiger partial charge in [-0.3, -0.25) is 9.78 Å². The Kier molecular flexibility index (Phi) is 5.93. The quantitative estimate of drug-likeness (QED) is 0.741. The predicted molar refractivity (Wildman–Crippen MR) is 111 cm³/mol. The molecule has 1 saturated heterocycles. The fraction of sp³-hybridized carbons (Fsp3) is 0.364. The molecule has 0 saturated carbocycles. The molecule has 154 valence electrons. The normalized spacial score (nSPS) is 18.5. The summed E-state index contributed by atoms with van der Waals surface area (Å²) in [6, 6.07) is 5.93. The Morgan fingerprint density at radius 2 is 2.27 bits per heavy atom. The molecule has 0 spiro atoms. The van der Waals surface area contributed by atoms with Crippen LogP contribution in [-0.4, -0.2) is 52.2 Å². The van der Waals surface area contributed by atoms with Gasteiger partial charge in [0.15, 0.2) is 5.78 Å². The number of fused-ring (bicyclic) bond motifs is 1. The van der Waals surface area contributed by atoms with Crippen molar-refractivity contribution in [2.24, 2.45) is 0 Å². The van der Waals surface area contributed by atoms with E-state index in [0.717, 1.165) is 20.9 Å². The van der Waals surface area contributed by atoms with Gasteiger partial charge in [0.05, 0.1) is 24.8 Å². The topological polar surface area (TPSA) is 104 Å². The first-order valence-corrected chi connectivity index (χ1v) is 10.6. The van der Waals surface area contributed by atoms with Crippen molar-refractivity contribution >= 4 is 29.3 Å². The van der Waals surface area contributed by atoms with Crippen molar-refractivity contribution in [3.8, 4) is 6.07 Å².